The van der Waals surface area contributed by atoms with Gasteiger partial charge in [0, 0.05) is 43.2 Å². The number of para-hydroxylation sites is 1. The van der Waals surface area contributed by atoms with E-state index in [1.807, 2.05) is 12.1 Å². The van der Waals surface area contributed by atoms with Crippen molar-refractivity contribution in [1.29, 1.82) is 0 Å². The Morgan fingerprint density at radius 1 is 1.29 bits per heavy atom. The van der Waals surface area contributed by atoms with Crippen molar-refractivity contribution in [2.45, 2.75) is 25.9 Å². The maximum absolute atomic E-state index is 5.97. The van der Waals surface area contributed by atoms with Crippen molar-refractivity contribution < 1.29 is 0 Å². The lowest BCUT2D eigenvalue weighted by Crippen LogP contribution is -2.51. The highest BCUT2D eigenvalue weighted by molar-refractivity contribution is 5.81. The first-order valence-corrected chi connectivity index (χ1v) is 7.77. The fraction of sp³-hybridized carbons (Fsp3) is 0.471. The summed E-state index contributed by atoms with van der Waals surface area (Å²) in [4.78, 5) is 9.74. The van der Waals surface area contributed by atoms with Crippen molar-refractivity contribution in [3.63, 3.8) is 0 Å². The monoisotopic (exact) mass is 284 g/mol. The molecular weight excluding hydrogens is 260 g/mol. The lowest BCUT2D eigenvalue weighted by molar-refractivity contribution is 0.213. The molecule has 0 saturated carbocycles. The smallest absolute Gasteiger partial charge is 0.133 e. The standard InChI is InChI=1S/C17H24N4/c1-3-15-12-21(9-8-20(15)2)17-14(11-18)10-13-6-4-5-7-16(13)19-17/h4-7,10,15H,3,8-9,11-12,18H2,1-2H3. The van der Waals surface area contributed by atoms with Crippen LogP contribution in [0.4, 0.5) is 5.82 Å². The number of piperazine rings is 1. The summed E-state index contributed by atoms with van der Waals surface area (Å²) in [5.41, 5.74) is 8.16. The summed E-state index contributed by atoms with van der Waals surface area (Å²) >= 11 is 0. The number of benzene rings is 1. The minimum Gasteiger partial charge on any atom is -0.353 e. The molecule has 1 atom stereocenters. The molecule has 0 spiro atoms. The second kappa shape index (κ2) is 6.00. The Morgan fingerprint density at radius 3 is 2.86 bits per heavy atom. The molecule has 1 aromatic carbocycles. The fourth-order valence-electron chi connectivity index (χ4n) is 3.15. The zero-order valence-electron chi connectivity index (χ0n) is 12.9. The number of pyridine rings is 1. The van der Waals surface area contributed by atoms with Crippen molar-refractivity contribution >= 4 is 16.7 Å². The molecule has 1 aliphatic rings. The van der Waals surface area contributed by atoms with Gasteiger partial charge in [0.15, 0.2) is 0 Å². The Balaban J connectivity index is 1.98. The van der Waals surface area contributed by atoms with Crippen LogP contribution in [-0.2, 0) is 6.54 Å². The molecule has 3 rings (SSSR count). The van der Waals surface area contributed by atoms with Gasteiger partial charge in [-0.1, -0.05) is 25.1 Å². The number of nitrogens with two attached hydrogens (primary N) is 1. The van der Waals surface area contributed by atoms with E-state index in [1.54, 1.807) is 0 Å². The van der Waals surface area contributed by atoms with Crippen molar-refractivity contribution in [3.05, 3.63) is 35.9 Å². The molecule has 2 N–H and O–H groups in total. The Kier molecular flexibility index (Phi) is 4.08. The molecule has 4 nitrogen and oxygen atoms in total. The van der Waals surface area contributed by atoms with Gasteiger partial charge in [0.05, 0.1) is 5.52 Å². The number of anilines is 1. The van der Waals surface area contributed by atoms with Crippen molar-refractivity contribution in [1.82, 2.24) is 9.88 Å². The highest BCUT2D eigenvalue weighted by Gasteiger charge is 2.25. The van der Waals surface area contributed by atoms with Gasteiger partial charge >= 0.3 is 0 Å². The lowest BCUT2D eigenvalue weighted by Gasteiger charge is -2.40. The third kappa shape index (κ3) is 2.74. The van der Waals surface area contributed by atoms with Gasteiger partial charge < -0.3 is 10.6 Å². The Morgan fingerprint density at radius 2 is 2.10 bits per heavy atom. The SMILES string of the molecule is CCC1CN(c2nc3ccccc3cc2CN)CCN1C. The van der Waals surface area contributed by atoms with Gasteiger partial charge in [-0.15, -0.1) is 0 Å². The number of hydrogen-bond acceptors (Lipinski definition) is 4. The van der Waals surface area contributed by atoms with Gasteiger partial charge in [0.1, 0.15) is 5.82 Å². The number of rotatable bonds is 3. The largest absolute Gasteiger partial charge is 0.353 e. The third-order valence-electron chi connectivity index (χ3n) is 4.55. The fourth-order valence-corrected chi connectivity index (χ4v) is 3.15. The summed E-state index contributed by atoms with van der Waals surface area (Å²) in [5, 5.41) is 1.17. The van der Waals surface area contributed by atoms with Crippen LogP contribution in [0.5, 0.6) is 0 Å². The Bertz CT molecular complexity index is 625. The van der Waals surface area contributed by atoms with Crippen LogP contribution in [0.1, 0.15) is 18.9 Å². The highest BCUT2D eigenvalue weighted by atomic mass is 15.3. The van der Waals surface area contributed by atoms with Gasteiger partial charge in [0.2, 0.25) is 0 Å². The molecule has 4 heteroatoms. The van der Waals surface area contributed by atoms with Crippen LogP contribution < -0.4 is 10.6 Å². The number of fused-ring (bicyclic) bond motifs is 1. The van der Waals surface area contributed by atoms with Crippen molar-refractivity contribution in [2.24, 2.45) is 5.73 Å². The lowest BCUT2D eigenvalue weighted by atomic mass is 10.1. The van der Waals surface area contributed by atoms with Crippen LogP contribution in [0.2, 0.25) is 0 Å². The molecule has 2 aromatic rings. The van der Waals surface area contributed by atoms with E-state index in [4.69, 9.17) is 10.7 Å². The van der Waals surface area contributed by atoms with Crippen molar-refractivity contribution in [3.8, 4) is 0 Å². The summed E-state index contributed by atoms with van der Waals surface area (Å²) in [7, 11) is 2.21. The summed E-state index contributed by atoms with van der Waals surface area (Å²) in [6, 6.07) is 11.1. The molecule has 1 fully saturated rings. The second-order valence-corrected chi connectivity index (χ2v) is 5.86. The minimum atomic E-state index is 0.538. The molecular formula is C17H24N4. The summed E-state index contributed by atoms with van der Waals surface area (Å²) in [5.74, 6) is 1.07. The van der Waals surface area contributed by atoms with Crippen LogP contribution in [-0.4, -0.2) is 42.6 Å². The molecule has 21 heavy (non-hydrogen) atoms. The molecule has 1 saturated heterocycles. The quantitative estimate of drug-likeness (QED) is 0.939. The molecule has 1 aromatic heterocycles. The third-order valence-corrected chi connectivity index (χ3v) is 4.55. The molecule has 1 aliphatic heterocycles. The zero-order chi connectivity index (χ0) is 14.8. The number of likely N-dealkylation sites (N-methyl/N-ethyl adjacent to an activating group) is 1. The van der Waals surface area contributed by atoms with E-state index in [1.165, 1.54) is 11.8 Å². The number of aromatic nitrogens is 1. The average molecular weight is 284 g/mol. The normalized spacial score (nSPS) is 20.1. The first-order chi connectivity index (χ1) is 10.2. The van der Waals surface area contributed by atoms with Gasteiger partial charge in [-0.05, 0) is 25.6 Å². The summed E-state index contributed by atoms with van der Waals surface area (Å²) in [6.45, 7) is 5.92. The van der Waals surface area contributed by atoms with Crippen molar-refractivity contribution in [2.75, 3.05) is 31.6 Å². The minimum absolute atomic E-state index is 0.538. The van der Waals surface area contributed by atoms with E-state index >= 15 is 0 Å². The van der Waals surface area contributed by atoms with Gasteiger partial charge in [-0.25, -0.2) is 4.98 Å². The molecule has 112 valence electrons. The summed E-state index contributed by atoms with van der Waals surface area (Å²) < 4.78 is 0. The van der Waals surface area contributed by atoms with Crippen LogP contribution >= 0.6 is 0 Å². The zero-order valence-corrected chi connectivity index (χ0v) is 12.9. The number of hydrogen-bond donors (Lipinski definition) is 1. The number of nitrogens with zero attached hydrogens (tertiary/aromatic N) is 3. The van der Waals surface area contributed by atoms with Gasteiger partial charge in [-0.2, -0.15) is 0 Å². The molecule has 0 amide bonds. The van der Waals surface area contributed by atoms with Gasteiger partial charge in [0.25, 0.3) is 0 Å². The van der Waals surface area contributed by atoms with E-state index in [-0.39, 0.29) is 0 Å². The van der Waals surface area contributed by atoms with E-state index in [2.05, 4.69) is 42.0 Å². The van der Waals surface area contributed by atoms with Crippen LogP contribution in [0, 0.1) is 0 Å². The predicted octanol–water partition coefficient (Wildman–Crippen LogP) is 2.22. The molecule has 0 aliphatic carbocycles. The maximum atomic E-state index is 5.97. The van der Waals surface area contributed by atoms with E-state index in [0.717, 1.165) is 36.5 Å². The van der Waals surface area contributed by atoms with Crippen LogP contribution in [0.15, 0.2) is 30.3 Å². The van der Waals surface area contributed by atoms with E-state index < -0.39 is 0 Å². The highest BCUT2D eigenvalue weighted by Crippen LogP contribution is 2.25. The first-order valence-electron chi connectivity index (χ1n) is 7.77. The molecule has 1 unspecified atom stereocenters. The van der Waals surface area contributed by atoms with Crippen LogP contribution in [0.3, 0.4) is 0 Å². The summed E-state index contributed by atoms with van der Waals surface area (Å²) in [6.07, 6.45) is 1.17. The molecule has 0 bridgehead atoms. The Labute approximate surface area is 126 Å². The molecule has 2 heterocycles. The van der Waals surface area contributed by atoms with Gasteiger partial charge in [-0.3, -0.25) is 4.90 Å². The molecule has 0 radical (unpaired) electrons. The topological polar surface area (TPSA) is 45.4 Å². The van der Waals surface area contributed by atoms with E-state index in [0.29, 0.717) is 12.6 Å². The Hall–Kier alpha value is -1.65. The average Bonchev–Trinajstić information content (AvgIpc) is 2.54. The predicted molar refractivity (Wildman–Crippen MR) is 88.6 cm³/mol. The first kappa shape index (κ1) is 14.3. The van der Waals surface area contributed by atoms with Crippen LogP contribution in [0.25, 0.3) is 10.9 Å². The van der Waals surface area contributed by atoms with E-state index in [9.17, 15) is 0 Å². The maximum Gasteiger partial charge on any atom is 0.133 e. The second-order valence-electron chi connectivity index (χ2n) is 5.86.